The topological polar surface area (TPSA) is 0 Å². The van der Waals surface area contributed by atoms with E-state index in [4.69, 9.17) is 0 Å². The lowest BCUT2D eigenvalue weighted by Gasteiger charge is -2.20. The average molecular weight is 719 g/mol. The van der Waals surface area contributed by atoms with Gasteiger partial charge in [-0.25, -0.2) is 0 Å². The summed E-state index contributed by atoms with van der Waals surface area (Å²) in [5.41, 5.74) is 7.65. The summed E-state index contributed by atoms with van der Waals surface area (Å²) in [7, 11) is 0. The molecule has 0 atom stereocenters. The molecule has 250 valence electrons. The van der Waals surface area contributed by atoms with Gasteiger partial charge in [0.15, 0.2) is 0 Å². The van der Waals surface area contributed by atoms with Gasteiger partial charge in [-0.05, 0) is 101 Å². The molecule has 12 rings (SSSR count). The molecular formula is C52H30S2. The first kappa shape index (κ1) is 30.2. The Hall–Kier alpha value is -6.32. The third-order valence-corrected chi connectivity index (χ3v) is 13.7. The molecule has 2 heteroatoms. The van der Waals surface area contributed by atoms with Crippen LogP contribution in [-0.2, 0) is 0 Å². The van der Waals surface area contributed by atoms with E-state index in [0.717, 1.165) is 0 Å². The van der Waals surface area contributed by atoms with Gasteiger partial charge in [0.05, 0.1) is 0 Å². The van der Waals surface area contributed by atoms with Crippen molar-refractivity contribution in [1.29, 1.82) is 0 Å². The van der Waals surface area contributed by atoms with Crippen LogP contribution in [0.25, 0.3) is 117 Å². The Bertz CT molecular complexity index is 3440. The molecule has 0 unspecified atom stereocenters. The van der Waals surface area contributed by atoms with E-state index in [-0.39, 0.29) is 0 Å². The molecule has 0 aliphatic rings. The summed E-state index contributed by atoms with van der Waals surface area (Å²) >= 11 is 3.81. The number of rotatable bonds is 3. The maximum Gasteiger partial charge on any atom is 0.0362 e. The quantitative estimate of drug-likeness (QED) is 0.160. The van der Waals surface area contributed by atoms with E-state index in [0.29, 0.717) is 0 Å². The van der Waals surface area contributed by atoms with Crippen molar-refractivity contribution in [2.75, 3.05) is 0 Å². The average Bonchev–Trinajstić information content (AvgIpc) is 3.80. The Morgan fingerprint density at radius 3 is 1.39 bits per heavy atom. The summed E-state index contributed by atoms with van der Waals surface area (Å²) in [4.78, 5) is 0. The highest BCUT2D eigenvalue weighted by Gasteiger charge is 2.20. The number of hydrogen-bond acceptors (Lipinski definition) is 2. The molecule has 0 spiro atoms. The Morgan fingerprint density at radius 2 is 0.722 bits per heavy atom. The minimum absolute atomic E-state index is 1.25. The van der Waals surface area contributed by atoms with Crippen molar-refractivity contribution in [1.82, 2.24) is 0 Å². The molecule has 0 nitrogen and oxygen atoms in total. The number of benzene rings is 10. The lowest BCUT2D eigenvalue weighted by Crippen LogP contribution is -1.93. The molecule has 0 aliphatic carbocycles. The minimum Gasteiger partial charge on any atom is -0.135 e. The fraction of sp³-hybridized carbons (Fsp3) is 0. The van der Waals surface area contributed by atoms with Crippen molar-refractivity contribution in [2.24, 2.45) is 0 Å². The normalized spacial score (nSPS) is 12.1. The molecule has 0 fully saturated rings. The van der Waals surface area contributed by atoms with Gasteiger partial charge in [0.25, 0.3) is 0 Å². The van der Waals surface area contributed by atoms with Crippen molar-refractivity contribution >= 4 is 106 Å². The van der Waals surface area contributed by atoms with Crippen LogP contribution in [0.2, 0.25) is 0 Å². The summed E-state index contributed by atoms with van der Waals surface area (Å²) in [6, 6.07) is 67.8. The van der Waals surface area contributed by atoms with Gasteiger partial charge in [0.1, 0.15) is 0 Å². The molecule has 10 aromatic carbocycles. The largest absolute Gasteiger partial charge is 0.135 e. The van der Waals surface area contributed by atoms with Crippen LogP contribution >= 0.6 is 22.7 Å². The van der Waals surface area contributed by atoms with Crippen LogP contribution in [0, 0.1) is 0 Å². The monoisotopic (exact) mass is 718 g/mol. The zero-order valence-electron chi connectivity index (χ0n) is 29.1. The van der Waals surface area contributed by atoms with E-state index in [1.807, 2.05) is 22.7 Å². The molecule has 0 N–H and O–H groups in total. The number of hydrogen-bond donors (Lipinski definition) is 0. The van der Waals surface area contributed by atoms with Crippen molar-refractivity contribution < 1.29 is 0 Å². The van der Waals surface area contributed by atoms with Crippen molar-refractivity contribution in [3.05, 3.63) is 182 Å². The second kappa shape index (κ2) is 11.6. The zero-order chi connectivity index (χ0) is 35.3. The highest BCUT2D eigenvalue weighted by molar-refractivity contribution is 7.28. The summed E-state index contributed by atoms with van der Waals surface area (Å²) in [6.07, 6.45) is 0. The minimum atomic E-state index is 1.25. The second-order valence-electron chi connectivity index (χ2n) is 14.3. The smallest absolute Gasteiger partial charge is 0.0362 e. The van der Waals surface area contributed by atoms with Crippen LogP contribution in [0.3, 0.4) is 0 Å². The maximum atomic E-state index is 2.42. The lowest BCUT2D eigenvalue weighted by atomic mass is 9.83. The van der Waals surface area contributed by atoms with E-state index in [2.05, 4.69) is 182 Å². The summed E-state index contributed by atoms with van der Waals surface area (Å²) in [5.74, 6) is 0. The molecule has 12 aromatic rings. The molecule has 0 radical (unpaired) electrons. The van der Waals surface area contributed by atoms with E-state index in [1.165, 1.54) is 117 Å². The lowest BCUT2D eigenvalue weighted by molar-refractivity contribution is 1.67. The van der Waals surface area contributed by atoms with Crippen LogP contribution in [0.15, 0.2) is 182 Å². The first-order valence-electron chi connectivity index (χ1n) is 18.5. The molecule has 0 bridgehead atoms. The van der Waals surface area contributed by atoms with Gasteiger partial charge >= 0.3 is 0 Å². The number of thiophene rings is 2. The molecule has 0 aliphatic heterocycles. The van der Waals surface area contributed by atoms with Gasteiger partial charge in [0.2, 0.25) is 0 Å². The first-order chi connectivity index (χ1) is 26.8. The van der Waals surface area contributed by atoms with Gasteiger partial charge in [0, 0.05) is 40.3 Å². The standard InChI is InChI=1S/C52H30S2/c1-2-14-33-31(12-1)13-11-22-37(33)49-38-17-5-7-19-40(38)50(41-20-8-6-18-39(41)49)42-27-26-34(35-15-3-4-16-36(35)42)32-24-25-44-48(30-32)54-47-29-28-46-51(52(44)47)43-21-9-10-23-45(43)53-46/h1-30H. The predicted octanol–water partition coefficient (Wildman–Crippen LogP) is 16.0. The van der Waals surface area contributed by atoms with Crippen LogP contribution in [0.5, 0.6) is 0 Å². The summed E-state index contributed by atoms with van der Waals surface area (Å²) in [6.45, 7) is 0. The zero-order valence-corrected chi connectivity index (χ0v) is 30.8. The van der Waals surface area contributed by atoms with Gasteiger partial charge < -0.3 is 0 Å². The van der Waals surface area contributed by atoms with Crippen molar-refractivity contribution in [3.63, 3.8) is 0 Å². The van der Waals surface area contributed by atoms with Crippen molar-refractivity contribution in [2.45, 2.75) is 0 Å². The van der Waals surface area contributed by atoms with Gasteiger partial charge in [-0.3, -0.25) is 0 Å². The molecule has 2 aromatic heterocycles. The summed E-state index contributed by atoms with van der Waals surface area (Å²) < 4.78 is 5.40. The van der Waals surface area contributed by atoms with Gasteiger partial charge in [-0.2, -0.15) is 0 Å². The Balaban J connectivity index is 1.09. The molecule has 54 heavy (non-hydrogen) atoms. The highest BCUT2D eigenvalue weighted by atomic mass is 32.1. The van der Waals surface area contributed by atoms with Crippen LogP contribution < -0.4 is 0 Å². The highest BCUT2D eigenvalue weighted by Crippen LogP contribution is 2.49. The van der Waals surface area contributed by atoms with Crippen LogP contribution in [0.1, 0.15) is 0 Å². The van der Waals surface area contributed by atoms with Crippen molar-refractivity contribution in [3.8, 4) is 33.4 Å². The molecule has 0 saturated carbocycles. The SMILES string of the molecule is c1ccc2c(-c3c4ccccc4c(-c4ccc(-c5ccc6c(c5)sc5ccc7sc8ccccc8c7c56)c5ccccc45)c4ccccc34)cccc2c1. The van der Waals surface area contributed by atoms with E-state index >= 15 is 0 Å². The maximum absolute atomic E-state index is 2.42. The predicted molar refractivity (Wildman–Crippen MR) is 239 cm³/mol. The third-order valence-electron chi connectivity index (χ3n) is 11.5. The molecule has 0 saturated heterocycles. The van der Waals surface area contributed by atoms with Gasteiger partial charge in [-0.15, -0.1) is 22.7 Å². The molecule has 2 heterocycles. The Morgan fingerprint density at radius 1 is 0.259 bits per heavy atom. The molecule has 0 amide bonds. The van der Waals surface area contributed by atoms with Crippen LogP contribution in [0.4, 0.5) is 0 Å². The fourth-order valence-corrected chi connectivity index (χ4v) is 11.4. The first-order valence-corrected chi connectivity index (χ1v) is 20.1. The Kier molecular flexibility index (Phi) is 6.48. The second-order valence-corrected chi connectivity index (χ2v) is 16.5. The van der Waals surface area contributed by atoms with E-state index in [9.17, 15) is 0 Å². The third kappa shape index (κ3) is 4.30. The summed E-state index contributed by atoms with van der Waals surface area (Å²) in [5, 5.41) is 15.7. The van der Waals surface area contributed by atoms with E-state index in [1.54, 1.807) is 0 Å². The number of fused-ring (bicyclic) bond motifs is 11. The van der Waals surface area contributed by atoms with E-state index < -0.39 is 0 Å². The Labute approximate surface area is 319 Å². The van der Waals surface area contributed by atoms with Crippen LogP contribution in [-0.4, -0.2) is 0 Å². The van der Waals surface area contributed by atoms with Gasteiger partial charge in [-0.1, -0.05) is 158 Å². The fourth-order valence-electron chi connectivity index (χ4n) is 9.17. The molecular weight excluding hydrogens is 689 g/mol.